The third-order valence-corrected chi connectivity index (χ3v) is 7.23. The number of ether oxygens (including phenoxy) is 1. The number of rotatable bonds is 7. The number of piperidine rings is 1. The van der Waals surface area contributed by atoms with Crippen LogP contribution in [0.5, 0.6) is 0 Å². The summed E-state index contributed by atoms with van der Waals surface area (Å²) < 4.78 is 32.5. The molecule has 31 heavy (non-hydrogen) atoms. The standard InChI is InChI=1S/C23H28N2O5S/c1-17-6-10-19(11-7-17)15-24-22(26)16-30-23(27)21-5-3-4-14-25(21)31(28,29)20-12-8-18(2)9-13-20/h6-13,21H,3-5,14-16H2,1-2H3,(H,24,26). The number of esters is 1. The van der Waals surface area contributed by atoms with Gasteiger partial charge >= 0.3 is 5.97 Å². The number of amides is 1. The average Bonchev–Trinajstić information content (AvgIpc) is 2.77. The molecule has 0 aromatic heterocycles. The quantitative estimate of drug-likeness (QED) is 0.663. The predicted molar refractivity (Wildman–Crippen MR) is 117 cm³/mol. The number of aryl methyl sites for hydroxylation is 2. The maximum Gasteiger partial charge on any atom is 0.324 e. The van der Waals surface area contributed by atoms with E-state index in [2.05, 4.69) is 5.32 Å². The Morgan fingerprint density at radius 3 is 2.26 bits per heavy atom. The van der Waals surface area contributed by atoms with Gasteiger partial charge in [-0.15, -0.1) is 0 Å². The van der Waals surface area contributed by atoms with E-state index in [4.69, 9.17) is 4.74 Å². The van der Waals surface area contributed by atoms with E-state index in [9.17, 15) is 18.0 Å². The van der Waals surface area contributed by atoms with E-state index in [0.717, 1.165) is 23.1 Å². The summed E-state index contributed by atoms with van der Waals surface area (Å²) in [5.41, 5.74) is 3.01. The molecule has 1 amide bonds. The van der Waals surface area contributed by atoms with Crippen LogP contribution in [0.3, 0.4) is 0 Å². The van der Waals surface area contributed by atoms with Crippen LogP contribution in [0, 0.1) is 13.8 Å². The van der Waals surface area contributed by atoms with Crippen LogP contribution >= 0.6 is 0 Å². The molecule has 0 aliphatic carbocycles. The first-order valence-corrected chi connectivity index (χ1v) is 11.8. The molecule has 8 heteroatoms. The Balaban J connectivity index is 1.59. The predicted octanol–water partition coefficient (Wildman–Crippen LogP) is 2.71. The Kier molecular flexibility index (Phi) is 7.46. The summed E-state index contributed by atoms with van der Waals surface area (Å²) in [6.07, 6.45) is 1.76. The van der Waals surface area contributed by atoms with Gasteiger partial charge in [0.2, 0.25) is 10.0 Å². The minimum absolute atomic E-state index is 0.147. The highest BCUT2D eigenvalue weighted by molar-refractivity contribution is 7.89. The molecule has 3 rings (SSSR count). The number of hydrogen-bond donors (Lipinski definition) is 1. The second kappa shape index (κ2) is 10.1. The first-order chi connectivity index (χ1) is 14.8. The molecule has 1 saturated heterocycles. The smallest absolute Gasteiger partial charge is 0.324 e. The van der Waals surface area contributed by atoms with Crippen molar-refractivity contribution in [3.05, 3.63) is 65.2 Å². The molecule has 1 aliphatic heterocycles. The Hall–Kier alpha value is -2.71. The SMILES string of the molecule is Cc1ccc(CNC(=O)COC(=O)C2CCCCN2S(=O)(=O)c2ccc(C)cc2)cc1. The zero-order valence-corrected chi connectivity index (χ0v) is 18.7. The number of nitrogens with one attached hydrogen (secondary N) is 1. The molecule has 0 saturated carbocycles. The summed E-state index contributed by atoms with van der Waals surface area (Å²) >= 11 is 0. The largest absolute Gasteiger partial charge is 0.454 e. The Labute approximate surface area is 183 Å². The van der Waals surface area contributed by atoms with Crippen LogP contribution in [0.15, 0.2) is 53.4 Å². The van der Waals surface area contributed by atoms with Crippen LogP contribution in [0.4, 0.5) is 0 Å². The van der Waals surface area contributed by atoms with Crippen LogP contribution in [-0.4, -0.2) is 43.8 Å². The van der Waals surface area contributed by atoms with E-state index in [-0.39, 0.29) is 11.4 Å². The van der Waals surface area contributed by atoms with Gasteiger partial charge in [0.05, 0.1) is 4.90 Å². The number of hydrogen-bond acceptors (Lipinski definition) is 5. The van der Waals surface area contributed by atoms with Crippen molar-refractivity contribution in [2.24, 2.45) is 0 Å². The van der Waals surface area contributed by atoms with Gasteiger partial charge in [0.1, 0.15) is 6.04 Å². The van der Waals surface area contributed by atoms with E-state index in [0.29, 0.717) is 19.4 Å². The molecule has 1 atom stereocenters. The molecular formula is C23H28N2O5S. The maximum atomic E-state index is 13.1. The van der Waals surface area contributed by atoms with Crippen molar-refractivity contribution >= 4 is 21.9 Å². The van der Waals surface area contributed by atoms with Crippen molar-refractivity contribution in [1.29, 1.82) is 0 Å². The summed E-state index contributed by atoms with van der Waals surface area (Å²) in [7, 11) is -3.83. The average molecular weight is 445 g/mol. The number of benzene rings is 2. The van der Waals surface area contributed by atoms with Crippen LogP contribution < -0.4 is 5.32 Å². The molecule has 0 radical (unpaired) electrons. The maximum absolute atomic E-state index is 13.1. The third-order valence-electron chi connectivity index (χ3n) is 5.31. The second-order valence-electron chi connectivity index (χ2n) is 7.81. The van der Waals surface area contributed by atoms with Crippen LogP contribution in [0.25, 0.3) is 0 Å². The van der Waals surface area contributed by atoms with Gasteiger partial charge in [-0.25, -0.2) is 8.42 Å². The molecule has 7 nitrogen and oxygen atoms in total. The van der Waals surface area contributed by atoms with E-state index in [1.807, 2.05) is 38.1 Å². The molecule has 166 valence electrons. The third kappa shape index (κ3) is 5.92. The lowest BCUT2D eigenvalue weighted by molar-refractivity contribution is -0.153. The molecule has 1 heterocycles. The van der Waals surface area contributed by atoms with Crippen LogP contribution in [0.2, 0.25) is 0 Å². The molecule has 1 fully saturated rings. The number of carbonyl (C=O) groups is 2. The first-order valence-electron chi connectivity index (χ1n) is 10.3. The summed E-state index contributed by atoms with van der Waals surface area (Å²) in [6, 6.07) is 13.3. The molecule has 1 N–H and O–H groups in total. The lowest BCUT2D eigenvalue weighted by Gasteiger charge is -2.33. The fourth-order valence-corrected chi connectivity index (χ4v) is 5.11. The molecule has 2 aromatic carbocycles. The molecule has 0 bridgehead atoms. The highest BCUT2D eigenvalue weighted by atomic mass is 32.2. The van der Waals surface area contributed by atoms with E-state index < -0.39 is 34.5 Å². The van der Waals surface area contributed by atoms with E-state index >= 15 is 0 Å². The number of nitrogens with zero attached hydrogens (tertiary/aromatic N) is 1. The van der Waals surface area contributed by atoms with Gasteiger partial charge in [0.15, 0.2) is 6.61 Å². The minimum Gasteiger partial charge on any atom is -0.454 e. The van der Waals surface area contributed by atoms with Crippen molar-refractivity contribution in [3.63, 3.8) is 0 Å². The monoisotopic (exact) mass is 444 g/mol. The molecule has 1 unspecified atom stereocenters. The molecule has 0 spiro atoms. The van der Waals surface area contributed by atoms with Gasteiger partial charge in [-0.3, -0.25) is 9.59 Å². The van der Waals surface area contributed by atoms with Crippen molar-refractivity contribution in [1.82, 2.24) is 9.62 Å². The zero-order valence-electron chi connectivity index (χ0n) is 17.8. The number of carbonyl (C=O) groups excluding carboxylic acids is 2. The van der Waals surface area contributed by atoms with Gasteiger partial charge in [-0.05, 0) is 50.8 Å². The second-order valence-corrected chi connectivity index (χ2v) is 9.70. The highest BCUT2D eigenvalue weighted by Gasteiger charge is 2.38. The fraction of sp³-hybridized carbons (Fsp3) is 0.391. The van der Waals surface area contributed by atoms with Crippen molar-refractivity contribution in [2.75, 3.05) is 13.2 Å². The Bertz CT molecular complexity index is 1020. The van der Waals surface area contributed by atoms with Gasteiger partial charge in [0.25, 0.3) is 5.91 Å². The molecular weight excluding hydrogens is 416 g/mol. The minimum atomic E-state index is -3.83. The first kappa shape index (κ1) is 23.0. The van der Waals surface area contributed by atoms with Crippen LogP contribution in [-0.2, 0) is 30.9 Å². The van der Waals surface area contributed by atoms with Gasteiger partial charge in [0, 0.05) is 13.1 Å². The molecule has 2 aromatic rings. The highest BCUT2D eigenvalue weighted by Crippen LogP contribution is 2.26. The van der Waals surface area contributed by atoms with Crippen LogP contribution in [0.1, 0.15) is 36.0 Å². The Morgan fingerprint density at radius 2 is 1.61 bits per heavy atom. The van der Waals surface area contributed by atoms with Gasteiger partial charge in [-0.2, -0.15) is 4.31 Å². The summed E-state index contributed by atoms with van der Waals surface area (Å²) in [4.78, 5) is 24.9. The number of sulfonamides is 1. The van der Waals surface area contributed by atoms with E-state index in [1.54, 1.807) is 24.3 Å². The summed E-state index contributed by atoms with van der Waals surface area (Å²) in [5, 5.41) is 2.70. The van der Waals surface area contributed by atoms with Crippen molar-refractivity contribution in [3.8, 4) is 0 Å². The normalized spacial score (nSPS) is 17.2. The van der Waals surface area contributed by atoms with Crippen molar-refractivity contribution in [2.45, 2.75) is 50.6 Å². The van der Waals surface area contributed by atoms with Gasteiger partial charge < -0.3 is 10.1 Å². The summed E-state index contributed by atoms with van der Waals surface area (Å²) in [6.45, 7) is 3.99. The lowest BCUT2D eigenvalue weighted by Crippen LogP contribution is -2.49. The zero-order chi connectivity index (χ0) is 22.4. The lowest BCUT2D eigenvalue weighted by atomic mass is 10.1. The topological polar surface area (TPSA) is 92.8 Å². The van der Waals surface area contributed by atoms with Gasteiger partial charge in [-0.1, -0.05) is 47.5 Å². The van der Waals surface area contributed by atoms with E-state index in [1.165, 1.54) is 4.31 Å². The molecule has 1 aliphatic rings. The summed E-state index contributed by atoms with van der Waals surface area (Å²) in [5.74, 6) is -1.13. The fourth-order valence-electron chi connectivity index (χ4n) is 3.46. The van der Waals surface area contributed by atoms with Crippen molar-refractivity contribution < 1.29 is 22.7 Å². The Morgan fingerprint density at radius 1 is 1.00 bits per heavy atom.